The molecule has 1 aliphatic carbocycles. The van der Waals surface area contributed by atoms with E-state index in [1.807, 2.05) is 6.08 Å². The third-order valence-corrected chi connectivity index (χ3v) is 1.88. The van der Waals surface area contributed by atoms with Crippen LogP contribution in [-0.2, 0) is 4.74 Å². The summed E-state index contributed by atoms with van der Waals surface area (Å²) in [6, 6.07) is 0. The Hall–Kier alpha value is -1.18. The normalized spacial score (nSPS) is 22.2. The SMILES string of the molecule is NC1=C2C=COC=C2CC1. The van der Waals surface area contributed by atoms with Crippen molar-refractivity contribution >= 4 is 0 Å². The third-order valence-electron chi connectivity index (χ3n) is 1.88. The summed E-state index contributed by atoms with van der Waals surface area (Å²) in [5.41, 5.74) is 9.12. The van der Waals surface area contributed by atoms with Crippen molar-refractivity contribution in [2.75, 3.05) is 0 Å². The lowest BCUT2D eigenvalue weighted by Gasteiger charge is -2.04. The molecule has 0 atom stereocenters. The van der Waals surface area contributed by atoms with Gasteiger partial charge >= 0.3 is 0 Å². The van der Waals surface area contributed by atoms with Gasteiger partial charge in [-0.2, -0.15) is 0 Å². The quantitative estimate of drug-likeness (QED) is 0.545. The molecule has 0 saturated carbocycles. The number of rotatable bonds is 0. The van der Waals surface area contributed by atoms with E-state index in [2.05, 4.69) is 0 Å². The van der Waals surface area contributed by atoms with E-state index in [1.54, 1.807) is 12.5 Å². The van der Waals surface area contributed by atoms with E-state index in [9.17, 15) is 0 Å². The summed E-state index contributed by atoms with van der Waals surface area (Å²) in [7, 11) is 0. The first kappa shape index (κ1) is 5.59. The van der Waals surface area contributed by atoms with E-state index in [1.165, 1.54) is 11.1 Å². The number of fused-ring (bicyclic) bond motifs is 1. The lowest BCUT2D eigenvalue weighted by molar-refractivity contribution is 0.393. The molecular formula is C8H9NO. The Morgan fingerprint density at radius 3 is 3.10 bits per heavy atom. The summed E-state index contributed by atoms with van der Waals surface area (Å²) in [4.78, 5) is 0. The molecule has 0 spiro atoms. The van der Waals surface area contributed by atoms with Gasteiger partial charge in [-0.15, -0.1) is 0 Å². The van der Waals surface area contributed by atoms with E-state index >= 15 is 0 Å². The maximum Gasteiger partial charge on any atom is 0.0940 e. The van der Waals surface area contributed by atoms with Crippen molar-refractivity contribution in [3.63, 3.8) is 0 Å². The minimum Gasteiger partial charge on any atom is -0.472 e. The van der Waals surface area contributed by atoms with Crippen LogP contribution < -0.4 is 5.73 Å². The van der Waals surface area contributed by atoms with Gasteiger partial charge in [0, 0.05) is 11.3 Å². The summed E-state index contributed by atoms with van der Waals surface area (Å²) < 4.78 is 5.00. The zero-order valence-corrected chi connectivity index (χ0v) is 5.63. The Morgan fingerprint density at radius 1 is 1.40 bits per heavy atom. The first-order chi connectivity index (χ1) is 4.88. The van der Waals surface area contributed by atoms with Crippen LogP contribution in [0.25, 0.3) is 0 Å². The van der Waals surface area contributed by atoms with Crippen LogP contribution >= 0.6 is 0 Å². The van der Waals surface area contributed by atoms with Gasteiger partial charge in [0.1, 0.15) is 0 Å². The fourth-order valence-electron chi connectivity index (χ4n) is 1.31. The van der Waals surface area contributed by atoms with Crippen molar-refractivity contribution in [1.82, 2.24) is 0 Å². The minimum atomic E-state index is 0.981. The van der Waals surface area contributed by atoms with Crippen molar-refractivity contribution in [2.24, 2.45) is 5.73 Å². The third kappa shape index (κ3) is 0.652. The first-order valence-corrected chi connectivity index (χ1v) is 3.38. The molecule has 10 heavy (non-hydrogen) atoms. The monoisotopic (exact) mass is 135 g/mol. The predicted octanol–water partition coefficient (Wildman–Crippen LogP) is 1.42. The van der Waals surface area contributed by atoms with Gasteiger partial charge < -0.3 is 10.5 Å². The Labute approximate surface area is 59.7 Å². The summed E-state index contributed by atoms with van der Waals surface area (Å²) in [6.07, 6.45) is 7.38. The van der Waals surface area contributed by atoms with E-state index in [-0.39, 0.29) is 0 Å². The Morgan fingerprint density at radius 2 is 2.30 bits per heavy atom. The number of hydrogen-bond acceptors (Lipinski definition) is 2. The largest absolute Gasteiger partial charge is 0.472 e. The number of allylic oxidation sites excluding steroid dienone is 4. The molecular weight excluding hydrogens is 126 g/mol. The van der Waals surface area contributed by atoms with Gasteiger partial charge in [0.2, 0.25) is 0 Å². The molecule has 1 heterocycles. The summed E-state index contributed by atoms with van der Waals surface area (Å²) in [5, 5.41) is 0. The smallest absolute Gasteiger partial charge is 0.0940 e. The molecule has 0 unspecified atom stereocenters. The van der Waals surface area contributed by atoms with E-state index in [4.69, 9.17) is 10.5 Å². The van der Waals surface area contributed by atoms with Gasteiger partial charge in [-0.3, -0.25) is 0 Å². The maximum atomic E-state index is 5.72. The molecule has 52 valence electrons. The van der Waals surface area contributed by atoms with Crippen molar-refractivity contribution < 1.29 is 4.74 Å². The highest BCUT2D eigenvalue weighted by Crippen LogP contribution is 2.31. The van der Waals surface area contributed by atoms with Crippen molar-refractivity contribution in [1.29, 1.82) is 0 Å². The molecule has 1 aliphatic heterocycles. The highest BCUT2D eigenvalue weighted by Gasteiger charge is 2.17. The minimum absolute atomic E-state index is 0.981. The second kappa shape index (κ2) is 1.90. The number of nitrogens with two attached hydrogens (primary N) is 1. The van der Waals surface area contributed by atoms with Crippen molar-refractivity contribution in [3.05, 3.63) is 35.4 Å². The van der Waals surface area contributed by atoms with Gasteiger partial charge in [-0.1, -0.05) is 0 Å². The molecule has 2 N–H and O–H groups in total. The van der Waals surface area contributed by atoms with Crippen molar-refractivity contribution in [2.45, 2.75) is 12.8 Å². The second-order valence-corrected chi connectivity index (χ2v) is 2.52. The fraction of sp³-hybridized carbons (Fsp3) is 0.250. The van der Waals surface area contributed by atoms with Gasteiger partial charge in [0.15, 0.2) is 0 Å². The molecule has 2 heteroatoms. The predicted molar refractivity (Wildman–Crippen MR) is 38.8 cm³/mol. The Bertz CT molecular complexity index is 248. The molecule has 2 rings (SSSR count). The van der Waals surface area contributed by atoms with Crippen LogP contribution in [0.5, 0.6) is 0 Å². The average Bonchev–Trinajstić information content (AvgIpc) is 2.34. The molecule has 0 saturated heterocycles. The van der Waals surface area contributed by atoms with Crippen LogP contribution in [0.15, 0.2) is 35.4 Å². The molecule has 0 bridgehead atoms. The highest BCUT2D eigenvalue weighted by molar-refractivity contribution is 5.47. The first-order valence-electron chi connectivity index (χ1n) is 3.38. The zero-order chi connectivity index (χ0) is 6.97. The standard InChI is InChI=1S/C8H9NO/c9-8-2-1-6-5-10-4-3-7(6)8/h3-5H,1-2,9H2. The number of ether oxygens (including phenoxy) is 1. The van der Waals surface area contributed by atoms with Crippen molar-refractivity contribution in [3.8, 4) is 0 Å². The molecule has 2 aliphatic rings. The van der Waals surface area contributed by atoms with Crippen LogP contribution in [0.4, 0.5) is 0 Å². The van der Waals surface area contributed by atoms with Gasteiger partial charge in [0.05, 0.1) is 12.5 Å². The fourth-order valence-corrected chi connectivity index (χ4v) is 1.31. The molecule has 0 aromatic heterocycles. The second-order valence-electron chi connectivity index (χ2n) is 2.52. The molecule has 0 fully saturated rings. The molecule has 0 radical (unpaired) electrons. The Kier molecular flexibility index (Phi) is 1.07. The van der Waals surface area contributed by atoms with Gasteiger partial charge in [-0.25, -0.2) is 0 Å². The van der Waals surface area contributed by atoms with Crippen LogP contribution in [0.3, 0.4) is 0 Å². The van der Waals surface area contributed by atoms with Gasteiger partial charge in [-0.05, 0) is 24.5 Å². The average molecular weight is 135 g/mol. The van der Waals surface area contributed by atoms with Crippen LogP contribution in [0.2, 0.25) is 0 Å². The maximum absolute atomic E-state index is 5.72. The number of hydrogen-bond donors (Lipinski definition) is 1. The molecule has 2 nitrogen and oxygen atoms in total. The van der Waals surface area contributed by atoms with E-state index in [0.29, 0.717) is 0 Å². The zero-order valence-electron chi connectivity index (χ0n) is 5.63. The summed E-state index contributed by atoms with van der Waals surface area (Å²) >= 11 is 0. The van der Waals surface area contributed by atoms with Crippen LogP contribution in [-0.4, -0.2) is 0 Å². The molecule has 0 aromatic carbocycles. The van der Waals surface area contributed by atoms with Gasteiger partial charge in [0.25, 0.3) is 0 Å². The lowest BCUT2D eigenvalue weighted by Crippen LogP contribution is -1.95. The van der Waals surface area contributed by atoms with E-state index in [0.717, 1.165) is 18.5 Å². The Balaban J connectivity index is 2.44. The summed E-state index contributed by atoms with van der Waals surface area (Å²) in [5.74, 6) is 0. The topological polar surface area (TPSA) is 35.2 Å². The van der Waals surface area contributed by atoms with Crippen LogP contribution in [0.1, 0.15) is 12.8 Å². The summed E-state index contributed by atoms with van der Waals surface area (Å²) in [6.45, 7) is 0. The lowest BCUT2D eigenvalue weighted by atomic mass is 10.1. The van der Waals surface area contributed by atoms with E-state index < -0.39 is 0 Å². The molecule has 0 amide bonds. The molecule has 0 aromatic rings. The van der Waals surface area contributed by atoms with Crippen LogP contribution in [0, 0.1) is 0 Å². The highest BCUT2D eigenvalue weighted by atomic mass is 16.5.